The summed E-state index contributed by atoms with van der Waals surface area (Å²) in [4.78, 5) is 4.97. The Labute approximate surface area is 112 Å². The van der Waals surface area contributed by atoms with Crippen LogP contribution < -0.4 is 5.32 Å². The molecule has 2 atom stereocenters. The molecule has 2 unspecified atom stereocenters. The quantitative estimate of drug-likeness (QED) is 0.705. The van der Waals surface area contributed by atoms with Crippen molar-refractivity contribution in [2.24, 2.45) is 5.92 Å². The summed E-state index contributed by atoms with van der Waals surface area (Å²) in [5, 5.41) is 3.58. The summed E-state index contributed by atoms with van der Waals surface area (Å²) in [5.41, 5.74) is 0. The number of nitrogens with zero attached hydrogens (tertiary/aromatic N) is 2. The van der Waals surface area contributed by atoms with E-state index in [1.807, 2.05) is 0 Å². The molecule has 18 heavy (non-hydrogen) atoms. The number of hydrogen-bond acceptors (Lipinski definition) is 4. The summed E-state index contributed by atoms with van der Waals surface area (Å²) >= 11 is 0. The lowest BCUT2D eigenvalue weighted by Crippen LogP contribution is -2.47. The first kappa shape index (κ1) is 14.3. The third-order valence-corrected chi connectivity index (χ3v) is 4.27. The van der Waals surface area contributed by atoms with Gasteiger partial charge in [0.1, 0.15) is 0 Å². The maximum Gasteiger partial charge on any atom is 0.0507 e. The average molecular weight is 255 g/mol. The van der Waals surface area contributed by atoms with Gasteiger partial charge in [0.25, 0.3) is 0 Å². The Bertz CT molecular complexity index is 229. The highest BCUT2D eigenvalue weighted by molar-refractivity contribution is 4.78. The van der Waals surface area contributed by atoms with Crippen molar-refractivity contribution < 1.29 is 4.74 Å². The van der Waals surface area contributed by atoms with Crippen molar-refractivity contribution in [1.29, 1.82) is 0 Å². The van der Waals surface area contributed by atoms with Crippen LogP contribution in [0.25, 0.3) is 0 Å². The van der Waals surface area contributed by atoms with E-state index in [-0.39, 0.29) is 0 Å². The highest BCUT2D eigenvalue weighted by Gasteiger charge is 2.21. The van der Waals surface area contributed by atoms with E-state index in [0.29, 0.717) is 0 Å². The molecular formula is C14H29N3O. The Kier molecular flexibility index (Phi) is 5.89. The van der Waals surface area contributed by atoms with Crippen LogP contribution in [0.4, 0.5) is 0 Å². The summed E-state index contributed by atoms with van der Waals surface area (Å²) in [7, 11) is 4.40. The van der Waals surface area contributed by atoms with Gasteiger partial charge in [-0.2, -0.15) is 0 Å². The second-order valence-electron chi connectivity index (χ2n) is 5.99. The van der Waals surface area contributed by atoms with Gasteiger partial charge in [0, 0.05) is 38.8 Å². The number of piperidine rings is 1. The lowest BCUT2D eigenvalue weighted by atomic mass is 10.1. The fraction of sp³-hybridized carbons (Fsp3) is 1.00. The minimum Gasteiger partial charge on any atom is -0.381 e. The largest absolute Gasteiger partial charge is 0.381 e. The molecule has 106 valence electrons. The summed E-state index contributed by atoms with van der Waals surface area (Å²) in [5.74, 6) is 0.751. The maximum absolute atomic E-state index is 5.39. The first-order valence-corrected chi connectivity index (χ1v) is 7.43. The fourth-order valence-electron chi connectivity index (χ4n) is 2.94. The number of hydrogen-bond donors (Lipinski definition) is 1. The van der Waals surface area contributed by atoms with Gasteiger partial charge in [-0.05, 0) is 45.8 Å². The van der Waals surface area contributed by atoms with E-state index in [2.05, 4.69) is 29.2 Å². The molecule has 2 aliphatic rings. The molecule has 0 radical (unpaired) electrons. The summed E-state index contributed by atoms with van der Waals surface area (Å²) < 4.78 is 5.39. The van der Waals surface area contributed by atoms with Crippen LogP contribution in [0.2, 0.25) is 0 Å². The van der Waals surface area contributed by atoms with E-state index in [0.717, 1.165) is 38.3 Å². The molecule has 4 nitrogen and oxygen atoms in total. The summed E-state index contributed by atoms with van der Waals surface area (Å²) in [6, 6.07) is 0.752. The van der Waals surface area contributed by atoms with Crippen molar-refractivity contribution in [2.45, 2.75) is 25.3 Å². The number of likely N-dealkylation sites (tertiary alicyclic amines) is 1. The zero-order valence-corrected chi connectivity index (χ0v) is 12.0. The van der Waals surface area contributed by atoms with Gasteiger partial charge < -0.3 is 19.9 Å². The number of nitrogens with one attached hydrogen (secondary N) is 1. The van der Waals surface area contributed by atoms with Gasteiger partial charge >= 0.3 is 0 Å². The average Bonchev–Trinajstić information content (AvgIpc) is 2.88. The molecule has 0 aliphatic carbocycles. The number of rotatable bonds is 6. The minimum absolute atomic E-state index is 0.751. The van der Waals surface area contributed by atoms with Gasteiger partial charge in [-0.15, -0.1) is 0 Å². The van der Waals surface area contributed by atoms with E-state index in [1.165, 1.54) is 38.9 Å². The van der Waals surface area contributed by atoms with Crippen molar-refractivity contribution in [2.75, 3.05) is 60.0 Å². The molecule has 1 N–H and O–H groups in total. The highest BCUT2D eigenvalue weighted by atomic mass is 16.5. The predicted octanol–water partition coefficient (Wildman–Crippen LogP) is 0.639. The van der Waals surface area contributed by atoms with E-state index >= 15 is 0 Å². The fourth-order valence-corrected chi connectivity index (χ4v) is 2.94. The van der Waals surface area contributed by atoms with Crippen molar-refractivity contribution in [1.82, 2.24) is 15.1 Å². The third-order valence-electron chi connectivity index (χ3n) is 4.27. The van der Waals surface area contributed by atoms with Gasteiger partial charge in [0.15, 0.2) is 0 Å². The van der Waals surface area contributed by atoms with Gasteiger partial charge in [-0.3, -0.25) is 0 Å². The van der Waals surface area contributed by atoms with Crippen LogP contribution in [-0.2, 0) is 4.74 Å². The molecule has 0 spiro atoms. The first-order chi connectivity index (χ1) is 8.75. The normalized spacial score (nSPS) is 30.2. The molecule has 0 aromatic heterocycles. The van der Waals surface area contributed by atoms with Gasteiger partial charge in [-0.25, -0.2) is 0 Å². The number of ether oxygens (including phenoxy) is 1. The van der Waals surface area contributed by atoms with Gasteiger partial charge in [0.05, 0.1) is 6.61 Å². The third kappa shape index (κ3) is 4.50. The first-order valence-electron chi connectivity index (χ1n) is 7.43. The van der Waals surface area contributed by atoms with Crippen LogP contribution in [0.15, 0.2) is 0 Å². The van der Waals surface area contributed by atoms with E-state index in [9.17, 15) is 0 Å². The van der Waals surface area contributed by atoms with Crippen molar-refractivity contribution >= 4 is 0 Å². The molecule has 2 heterocycles. The van der Waals surface area contributed by atoms with Crippen LogP contribution in [0.1, 0.15) is 19.3 Å². The van der Waals surface area contributed by atoms with Crippen LogP contribution in [0, 0.1) is 5.92 Å². The van der Waals surface area contributed by atoms with E-state index in [4.69, 9.17) is 4.74 Å². The summed E-state index contributed by atoms with van der Waals surface area (Å²) in [6.07, 6.45) is 3.94. The van der Waals surface area contributed by atoms with Gasteiger partial charge in [-0.1, -0.05) is 0 Å². The van der Waals surface area contributed by atoms with Crippen LogP contribution in [0.3, 0.4) is 0 Å². The lowest BCUT2D eigenvalue weighted by molar-refractivity contribution is 0.133. The SMILES string of the molecule is CN(C)C1CCCN(CCNCC2CCOC2)C1. The molecule has 4 heteroatoms. The van der Waals surface area contributed by atoms with E-state index < -0.39 is 0 Å². The smallest absolute Gasteiger partial charge is 0.0507 e. The Morgan fingerprint density at radius 1 is 1.33 bits per heavy atom. The second kappa shape index (κ2) is 7.43. The molecule has 2 rings (SSSR count). The Morgan fingerprint density at radius 3 is 2.94 bits per heavy atom. The van der Waals surface area contributed by atoms with Crippen LogP contribution >= 0.6 is 0 Å². The molecular weight excluding hydrogens is 226 g/mol. The Morgan fingerprint density at radius 2 is 2.22 bits per heavy atom. The molecule has 2 fully saturated rings. The molecule has 0 saturated carbocycles. The van der Waals surface area contributed by atoms with Crippen molar-refractivity contribution in [3.8, 4) is 0 Å². The predicted molar refractivity (Wildman–Crippen MR) is 74.9 cm³/mol. The Hall–Kier alpha value is -0.160. The van der Waals surface area contributed by atoms with Gasteiger partial charge in [0.2, 0.25) is 0 Å². The minimum atomic E-state index is 0.751. The van der Waals surface area contributed by atoms with E-state index in [1.54, 1.807) is 0 Å². The van der Waals surface area contributed by atoms with Crippen LogP contribution in [0.5, 0.6) is 0 Å². The zero-order chi connectivity index (χ0) is 12.8. The molecule has 0 amide bonds. The van der Waals surface area contributed by atoms with Crippen molar-refractivity contribution in [3.63, 3.8) is 0 Å². The monoisotopic (exact) mass is 255 g/mol. The summed E-state index contributed by atoms with van der Waals surface area (Å²) in [6.45, 7) is 7.88. The molecule has 0 bridgehead atoms. The van der Waals surface area contributed by atoms with Crippen molar-refractivity contribution in [3.05, 3.63) is 0 Å². The molecule has 0 aromatic carbocycles. The molecule has 2 saturated heterocycles. The molecule has 2 aliphatic heterocycles. The standard InChI is InChI=1S/C14H29N3O/c1-16(2)14-4-3-7-17(11-14)8-6-15-10-13-5-9-18-12-13/h13-15H,3-12H2,1-2H3. The highest BCUT2D eigenvalue weighted by Crippen LogP contribution is 2.13. The lowest BCUT2D eigenvalue weighted by Gasteiger charge is -2.36. The maximum atomic E-state index is 5.39. The zero-order valence-electron chi connectivity index (χ0n) is 12.0. The Balaban J connectivity index is 1.55. The second-order valence-corrected chi connectivity index (χ2v) is 5.99. The number of likely N-dealkylation sites (N-methyl/N-ethyl adjacent to an activating group) is 1. The van der Waals surface area contributed by atoms with Crippen LogP contribution in [-0.4, -0.2) is 75.9 Å². The molecule has 0 aromatic rings. The topological polar surface area (TPSA) is 27.7 Å².